The van der Waals surface area contributed by atoms with Gasteiger partial charge in [0, 0.05) is 10.9 Å². The highest BCUT2D eigenvalue weighted by Crippen LogP contribution is 2.32. The minimum absolute atomic E-state index is 0.247. The minimum atomic E-state index is 0.247. The van der Waals surface area contributed by atoms with E-state index >= 15 is 0 Å². The van der Waals surface area contributed by atoms with E-state index in [1.54, 1.807) is 7.11 Å². The number of ether oxygens (including phenoxy) is 1. The summed E-state index contributed by atoms with van der Waals surface area (Å²) in [7, 11) is 1.74. The van der Waals surface area contributed by atoms with Crippen LogP contribution in [0, 0.1) is 0 Å². The summed E-state index contributed by atoms with van der Waals surface area (Å²) in [5, 5.41) is 6.17. The minimum Gasteiger partial charge on any atom is -0.496 e. The number of nitrogens with one attached hydrogen (secondary N) is 1. The molecule has 2 heteroatoms. The highest BCUT2D eigenvalue weighted by atomic mass is 16.5. The van der Waals surface area contributed by atoms with Crippen LogP contribution in [0.5, 0.6) is 5.75 Å². The van der Waals surface area contributed by atoms with Gasteiger partial charge < -0.3 is 10.1 Å². The van der Waals surface area contributed by atoms with Gasteiger partial charge in [0.1, 0.15) is 5.75 Å². The Balaban J connectivity index is 2.04. The van der Waals surface area contributed by atoms with E-state index in [1.165, 1.54) is 29.2 Å². The Morgan fingerprint density at radius 2 is 1.95 bits per heavy atom. The molecule has 19 heavy (non-hydrogen) atoms. The number of hydrogen-bond donors (Lipinski definition) is 1. The van der Waals surface area contributed by atoms with E-state index in [9.17, 15) is 0 Å². The highest BCUT2D eigenvalue weighted by molar-refractivity contribution is 5.91. The van der Waals surface area contributed by atoms with Crippen molar-refractivity contribution < 1.29 is 4.74 Å². The number of methoxy groups -OCH3 is 1. The van der Waals surface area contributed by atoms with Gasteiger partial charge in [0.25, 0.3) is 0 Å². The van der Waals surface area contributed by atoms with Crippen molar-refractivity contribution >= 4 is 10.8 Å². The van der Waals surface area contributed by atoms with Crippen LogP contribution in [0.4, 0.5) is 0 Å². The monoisotopic (exact) mass is 255 g/mol. The van der Waals surface area contributed by atoms with Gasteiger partial charge in [-0.2, -0.15) is 0 Å². The second kappa shape index (κ2) is 4.86. The Kier molecular flexibility index (Phi) is 3.19. The van der Waals surface area contributed by atoms with Crippen LogP contribution in [0.15, 0.2) is 36.4 Å². The van der Waals surface area contributed by atoms with Gasteiger partial charge in [0.2, 0.25) is 0 Å². The van der Waals surface area contributed by atoms with Gasteiger partial charge in [-0.3, -0.25) is 0 Å². The van der Waals surface area contributed by atoms with Gasteiger partial charge in [0.05, 0.1) is 7.11 Å². The average molecular weight is 255 g/mol. The highest BCUT2D eigenvalue weighted by Gasteiger charge is 2.28. The van der Waals surface area contributed by atoms with Crippen LogP contribution in [0.2, 0.25) is 0 Å². The molecule has 0 aromatic heterocycles. The largest absolute Gasteiger partial charge is 0.496 e. The van der Waals surface area contributed by atoms with E-state index in [2.05, 4.69) is 48.6 Å². The Morgan fingerprint density at radius 3 is 2.63 bits per heavy atom. The molecule has 0 saturated carbocycles. The normalized spacial score (nSPS) is 22.8. The number of hydrogen-bond acceptors (Lipinski definition) is 2. The lowest BCUT2D eigenvalue weighted by Gasteiger charge is -2.25. The van der Waals surface area contributed by atoms with E-state index in [0.717, 1.165) is 18.7 Å². The summed E-state index contributed by atoms with van der Waals surface area (Å²) in [6.07, 6.45) is 3.62. The van der Waals surface area contributed by atoms with E-state index in [4.69, 9.17) is 4.74 Å². The second-order valence-electron chi connectivity index (χ2n) is 5.74. The third-order valence-corrected chi connectivity index (χ3v) is 4.23. The summed E-state index contributed by atoms with van der Waals surface area (Å²) in [6.45, 7) is 3.48. The van der Waals surface area contributed by atoms with Crippen molar-refractivity contribution in [2.75, 3.05) is 13.7 Å². The first-order valence-electron chi connectivity index (χ1n) is 7.01. The van der Waals surface area contributed by atoms with Gasteiger partial charge in [0.15, 0.2) is 0 Å². The van der Waals surface area contributed by atoms with E-state index in [-0.39, 0.29) is 5.54 Å². The standard InChI is InChI=1S/C17H21NO/c1-17(10-5-11-18-17)12-13-8-9-16(19-2)15-7-4-3-6-14(13)15/h3-4,6-9,18H,5,10-12H2,1-2H3. The SMILES string of the molecule is COc1ccc(CC2(C)CCCN2)c2ccccc12. The van der Waals surface area contributed by atoms with Gasteiger partial charge in [-0.25, -0.2) is 0 Å². The van der Waals surface area contributed by atoms with E-state index in [0.29, 0.717) is 0 Å². The van der Waals surface area contributed by atoms with Crippen LogP contribution in [0.1, 0.15) is 25.3 Å². The molecule has 1 aliphatic heterocycles. The molecule has 1 atom stereocenters. The zero-order valence-electron chi connectivity index (χ0n) is 11.7. The van der Waals surface area contributed by atoms with Gasteiger partial charge in [-0.15, -0.1) is 0 Å². The first kappa shape index (κ1) is 12.5. The lowest BCUT2D eigenvalue weighted by Crippen LogP contribution is -2.38. The first-order valence-corrected chi connectivity index (χ1v) is 7.01. The zero-order valence-corrected chi connectivity index (χ0v) is 11.7. The third-order valence-electron chi connectivity index (χ3n) is 4.23. The smallest absolute Gasteiger partial charge is 0.126 e. The first-order chi connectivity index (χ1) is 9.22. The topological polar surface area (TPSA) is 21.3 Å². The Morgan fingerprint density at radius 1 is 1.16 bits per heavy atom. The maximum absolute atomic E-state index is 5.46. The summed E-state index contributed by atoms with van der Waals surface area (Å²) < 4.78 is 5.46. The van der Waals surface area contributed by atoms with Crippen molar-refractivity contribution in [2.24, 2.45) is 0 Å². The predicted octanol–water partition coefficient (Wildman–Crippen LogP) is 3.53. The molecule has 2 aromatic rings. The van der Waals surface area contributed by atoms with Gasteiger partial charge in [-0.05, 0) is 49.7 Å². The molecular weight excluding hydrogens is 234 g/mol. The van der Waals surface area contributed by atoms with Gasteiger partial charge >= 0.3 is 0 Å². The quantitative estimate of drug-likeness (QED) is 0.906. The molecule has 0 aliphatic carbocycles. The maximum atomic E-state index is 5.46. The molecule has 0 spiro atoms. The van der Waals surface area contributed by atoms with E-state index in [1.807, 2.05) is 0 Å². The van der Waals surface area contributed by atoms with Crippen molar-refractivity contribution in [1.82, 2.24) is 5.32 Å². The van der Waals surface area contributed by atoms with Crippen molar-refractivity contribution in [2.45, 2.75) is 31.7 Å². The van der Waals surface area contributed by atoms with Crippen LogP contribution in [-0.4, -0.2) is 19.2 Å². The van der Waals surface area contributed by atoms with E-state index < -0.39 is 0 Å². The molecule has 1 unspecified atom stereocenters. The molecule has 0 radical (unpaired) electrons. The summed E-state index contributed by atoms with van der Waals surface area (Å²) >= 11 is 0. The number of fused-ring (bicyclic) bond motifs is 1. The molecule has 1 aliphatic rings. The molecule has 3 rings (SSSR count). The fourth-order valence-electron chi connectivity index (χ4n) is 3.19. The molecule has 1 fully saturated rings. The molecular formula is C17H21NO. The molecule has 0 bridgehead atoms. The Labute approximate surface area is 114 Å². The van der Waals surface area contributed by atoms with Crippen molar-refractivity contribution in [3.8, 4) is 5.75 Å². The molecule has 1 saturated heterocycles. The molecule has 1 heterocycles. The third kappa shape index (κ3) is 2.33. The number of rotatable bonds is 3. The van der Waals surface area contributed by atoms with Crippen LogP contribution >= 0.6 is 0 Å². The lowest BCUT2D eigenvalue weighted by molar-refractivity contribution is 0.411. The summed E-state index contributed by atoms with van der Waals surface area (Å²) in [5.41, 5.74) is 1.66. The lowest BCUT2D eigenvalue weighted by atomic mass is 9.89. The van der Waals surface area contributed by atoms with Crippen LogP contribution in [0.3, 0.4) is 0 Å². The Hall–Kier alpha value is -1.54. The summed E-state index contributed by atoms with van der Waals surface area (Å²) in [6, 6.07) is 12.8. The zero-order chi connectivity index (χ0) is 13.3. The summed E-state index contributed by atoms with van der Waals surface area (Å²) in [4.78, 5) is 0. The maximum Gasteiger partial charge on any atom is 0.126 e. The van der Waals surface area contributed by atoms with Gasteiger partial charge in [-0.1, -0.05) is 30.3 Å². The molecule has 0 amide bonds. The molecule has 2 nitrogen and oxygen atoms in total. The fourth-order valence-corrected chi connectivity index (χ4v) is 3.19. The summed E-state index contributed by atoms with van der Waals surface area (Å²) in [5.74, 6) is 0.962. The van der Waals surface area contributed by atoms with Crippen LogP contribution in [-0.2, 0) is 6.42 Å². The number of benzene rings is 2. The Bertz CT molecular complexity index is 585. The van der Waals surface area contributed by atoms with Crippen molar-refractivity contribution in [3.63, 3.8) is 0 Å². The molecule has 2 aromatic carbocycles. The average Bonchev–Trinajstić information content (AvgIpc) is 2.86. The second-order valence-corrected chi connectivity index (χ2v) is 5.74. The molecule has 100 valence electrons. The van der Waals surface area contributed by atoms with Crippen LogP contribution in [0.25, 0.3) is 10.8 Å². The van der Waals surface area contributed by atoms with Crippen molar-refractivity contribution in [3.05, 3.63) is 42.0 Å². The molecule has 1 N–H and O–H groups in total. The van der Waals surface area contributed by atoms with Crippen LogP contribution < -0.4 is 10.1 Å². The fraction of sp³-hybridized carbons (Fsp3) is 0.412. The predicted molar refractivity (Wildman–Crippen MR) is 79.8 cm³/mol. The van der Waals surface area contributed by atoms with Crippen molar-refractivity contribution in [1.29, 1.82) is 0 Å².